The Morgan fingerprint density at radius 2 is 1.83 bits per heavy atom. The summed E-state index contributed by atoms with van der Waals surface area (Å²) >= 11 is 0. The molecule has 0 spiro atoms. The molecule has 29 heavy (non-hydrogen) atoms. The van der Waals surface area contributed by atoms with E-state index in [1.807, 2.05) is 0 Å². The summed E-state index contributed by atoms with van der Waals surface area (Å²) in [7, 11) is -2.78. The number of hydrogen-bond acceptors (Lipinski definition) is 7. The van der Waals surface area contributed by atoms with E-state index in [9.17, 15) is 18.3 Å². The average Bonchev–Trinajstić information content (AvgIpc) is 2.75. The summed E-state index contributed by atoms with van der Waals surface area (Å²) in [5.41, 5.74) is 0.754. The van der Waals surface area contributed by atoms with Crippen LogP contribution in [0, 0.1) is 5.92 Å². The monoisotopic (exact) mass is 419 g/mol. The first kappa shape index (κ1) is 21.2. The zero-order valence-electron chi connectivity index (χ0n) is 16.2. The number of aliphatic carboxylic acids is 1. The summed E-state index contributed by atoms with van der Waals surface area (Å²) in [5.74, 6) is -1.49. The van der Waals surface area contributed by atoms with Gasteiger partial charge in [-0.05, 0) is 67.9 Å². The third-order valence-electron chi connectivity index (χ3n) is 5.33. The molecule has 156 valence electrons. The van der Waals surface area contributed by atoms with E-state index in [2.05, 4.69) is 15.6 Å². The number of nitrogens with zero attached hydrogens (tertiary/aromatic N) is 1. The van der Waals surface area contributed by atoms with Crippen molar-refractivity contribution in [3.8, 4) is 5.75 Å². The lowest BCUT2D eigenvalue weighted by Crippen LogP contribution is -2.63. The zero-order chi connectivity index (χ0) is 20.9. The second-order valence-corrected chi connectivity index (χ2v) is 9.08. The number of sulfone groups is 1. The van der Waals surface area contributed by atoms with Crippen molar-refractivity contribution in [3.63, 3.8) is 0 Å². The van der Waals surface area contributed by atoms with Gasteiger partial charge in [0, 0.05) is 24.9 Å². The largest absolute Gasteiger partial charge is 0.497 e. The van der Waals surface area contributed by atoms with Gasteiger partial charge in [-0.3, -0.25) is 10.3 Å². The minimum absolute atomic E-state index is 0.0542. The summed E-state index contributed by atoms with van der Waals surface area (Å²) in [4.78, 5) is 14.3. The van der Waals surface area contributed by atoms with Crippen LogP contribution < -0.4 is 15.4 Å². The van der Waals surface area contributed by atoms with Crippen LogP contribution >= 0.6 is 0 Å². The first-order chi connectivity index (χ1) is 13.9. The smallest absolute Gasteiger partial charge is 0.340 e. The topological polar surface area (TPSA) is 118 Å². The molecule has 0 unspecified atom stereocenters. The number of rotatable bonds is 8. The van der Waals surface area contributed by atoms with Gasteiger partial charge in [-0.1, -0.05) is 0 Å². The number of piperidine rings is 1. The lowest BCUT2D eigenvalue weighted by Gasteiger charge is -2.39. The van der Waals surface area contributed by atoms with Crippen LogP contribution in [0.25, 0.3) is 0 Å². The number of pyridine rings is 1. The van der Waals surface area contributed by atoms with E-state index in [0.29, 0.717) is 31.7 Å². The third kappa shape index (κ3) is 4.12. The number of methoxy groups -OCH3 is 1. The van der Waals surface area contributed by atoms with Crippen molar-refractivity contribution < 1.29 is 23.1 Å². The molecule has 1 atom stereocenters. The summed E-state index contributed by atoms with van der Waals surface area (Å²) in [5, 5.41) is 16.3. The number of carbonyl (C=O) groups is 1. The second kappa shape index (κ2) is 8.89. The molecule has 1 aliphatic rings. The molecule has 1 saturated heterocycles. The van der Waals surface area contributed by atoms with Gasteiger partial charge in [0.1, 0.15) is 5.75 Å². The fraction of sp³-hybridized carbons (Fsp3) is 0.400. The molecule has 1 aliphatic heterocycles. The normalized spacial score (nSPS) is 17.4. The highest BCUT2D eigenvalue weighted by Crippen LogP contribution is 2.36. The molecule has 0 amide bonds. The van der Waals surface area contributed by atoms with E-state index in [4.69, 9.17) is 4.74 Å². The van der Waals surface area contributed by atoms with Crippen molar-refractivity contribution in [3.05, 3.63) is 54.4 Å². The fourth-order valence-corrected chi connectivity index (χ4v) is 5.76. The van der Waals surface area contributed by atoms with Gasteiger partial charge in [0.2, 0.25) is 14.7 Å². The summed E-state index contributed by atoms with van der Waals surface area (Å²) in [6.07, 6.45) is 4.04. The number of ether oxygens (including phenoxy) is 1. The highest BCUT2D eigenvalue weighted by Gasteiger charge is 2.57. The van der Waals surface area contributed by atoms with Crippen LogP contribution in [-0.2, 0) is 21.2 Å². The summed E-state index contributed by atoms with van der Waals surface area (Å²) in [6.45, 7) is 1.22. The molecule has 1 aromatic heterocycles. The molecule has 0 saturated carbocycles. The van der Waals surface area contributed by atoms with Crippen molar-refractivity contribution in [1.29, 1.82) is 0 Å². The highest BCUT2D eigenvalue weighted by molar-refractivity contribution is 7.93. The van der Waals surface area contributed by atoms with Gasteiger partial charge in [-0.15, -0.1) is 0 Å². The quantitative estimate of drug-likeness (QED) is 0.588. The first-order valence-electron chi connectivity index (χ1n) is 9.38. The van der Waals surface area contributed by atoms with Crippen molar-refractivity contribution in [2.24, 2.45) is 5.92 Å². The molecule has 0 radical (unpaired) electrons. The molecule has 3 N–H and O–H groups in total. The van der Waals surface area contributed by atoms with Crippen molar-refractivity contribution in [1.82, 2.24) is 15.6 Å². The predicted octanol–water partition coefficient (Wildman–Crippen LogP) is 1.43. The van der Waals surface area contributed by atoms with E-state index in [1.54, 1.807) is 24.5 Å². The van der Waals surface area contributed by atoms with E-state index in [-0.39, 0.29) is 11.4 Å². The highest BCUT2D eigenvalue weighted by atomic mass is 32.2. The van der Waals surface area contributed by atoms with Gasteiger partial charge in [0.25, 0.3) is 0 Å². The second-order valence-electron chi connectivity index (χ2n) is 6.95. The Morgan fingerprint density at radius 3 is 2.38 bits per heavy atom. The van der Waals surface area contributed by atoms with E-state index in [1.165, 1.54) is 31.4 Å². The Bertz CT molecular complexity index is 928. The maximum Gasteiger partial charge on any atom is 0.340 e. The zero-order valence-corrected chi connectivity index (χ0v) is 17.0. The molecular weight excluding hydrogens is 394 g/mol. The summed E-state index contributed by atoms with van der Waals surface area (Å²) in [6, 6.07) is 9.27. The SMILES string of the molecule is COc1ccc(S(=O)(=O)[C@@](NCc2ccncc2)(C(=O)O)C2CCNCC2)cc1. The maximum absolute atomic E-state index is 13.7. The standard InChI is InChI=1S/C20H25N3O5S/c1-28-17-2-4-18(5-3-17)29(26,27)20(19(24)25,16-8-12-22-13-9-16)23-14-15-6-10-21-11-7-15/h2-7,10-11,16,22-23H,8-9,12-14H2,1H3,(H,24,25)/t20-/m1/s1. The van der Waals surface area contributed by atoms with Crippen molar-refractivity contribution in [2.75, 3.05) is 20.2 Å². The number of hydrogen-bond donors (Lipinski definition) is 3. The fourth-order valence-electron chi connectivity index (χ4n) is 3.73. The van der Waals surface area contributed by atoms with Crippen LogP contribution in [-0.4, -0.2) is 49.5 Å². The Balaban J connectivity index is 2.07. The minimum Gasteiger partial charge on any atom is -0.497 e. The molecule has 3 rings (SSSR count). The van der Waals surface area contributed by atoms with Crippen LogP contribution in [0.15, 0.2) is 53.7 Å². The molecule has 2 aromatic rings. The average molecular weight is 420 g/mol. The van der Waals surface area contributed by atoms with Gasteiger partial charge in [-0.2, -0.15) is 0 Å². The van der Waals surface area contributed by atoms with Crippen LogP contribution in [0.4, 0.5) is 0 Å². The molecule has 0 aliphatic carbocycles. The minimum atomic E-state index is -4.27. The maximum atomic E-state index is 13.7. The first-order valence-corrected chi connectivity index (χ1v) is 10.9. The molecule has 9 heteroatoms. The Hall–Kier alpha value is -2.49. The molecular formula is C20H25N3O5S. The predicted molar refractivity (Wildman–Crippen MR) is 107 cm³/mol. The van der Waals surface area contributed by atoms with Gasteiger partial charge in [0.15, 0.2) is 0 Å². The lowest BCUT2D eigenvalue weighted by molar-refractivity contribution is -0.143. The van der Waals surface area contributed by atoms with Crippen LogP contribution in [0.2, 0.25) is 0 Å². The summed E-state index contributed by atoms with van der Waals surface area (Å²) < 4.78 is 32.5. The van der Waals surface area contributed by atoms with Gasteiger partial charge in [0.05, 0.1) is 12.0 Å². The number of benzene rings is 1. The number of nitrogens with one attached hydrogen (secondary N) is 2. The van der Waals surface area contributed by atoms with Crippen molar-refractivity contribution >= 4 is 15.8 Å². The lowest BCUT2D eigenvalue weighted by atomic mass is 9.89. The molecule has 1 fully saturated rings. The Morgan fingerprint density at radius 1 is 1.21 bits per heavy atom. The van der Waals surface area contributed by atoms with Crippen molar-refractivity contribution in [2.45, 2.75) is 29.2 Å². The molecule has 1 aromatic carbocycles. The molecule has 0 bridgehead atoms. The van der Waals surface area contributed by atoms with Gasteiger partial charge in [-0.25, -0.2) is 13.2 Å². The third-order valence-corrected chi connectivity index (χ3v) is 7.72. The van der Waals surface area contributed by atoms with Gasteiger partial charge < -0.3 is 15.2 Å². The van der Waals surface area contributed by atoms with Gasteiger partial charge >= 0.3 is 5.97 Å². The number of aromatic nitrogens is 1. The number of carboxylic acid groups (broad SMARTS) is 1. The van der Waals surface area contributed by atoms with Crippen LogP contribution in [0.3, 0.4) is 0 Å². The Labute approximate surface area is 170 Å². The van der Waals surface area contributed by atoms with Crippen LogP contribution in [0.1, 0.15) is 18.4 Å². The Kier molecular flexibility index (Phi) is 6.51. The molecule has 8 nitrogen and oxygen atoms in total. The van der Waals surface area contributed by atoms with Crippen LogP contribution in [0.5, 0.6) is 5.75 Å². The van der Waals surface area contributed by atoms with E-state index < -0.39 is 26.6 Å². The van der Waals surface area contributed by atoms with E-state index in [0.717, 1.165) is 5.56 Å². The van der Waals surface area contributed by atoms with E-state index >= 15 is 0 Å². The molecule has 2 heterocycles. The number of carboxylic acids is 1.